The first-order valence-electron chi connectivity index (χ1n) is 8.13. The Morgan fingerprint density at radius 2 is 1.67 bits per heavy atom. The molecule has 12 nitrogen and oxygen atoms in total. The van der Waals surface area contributed by atoms with Crippen molar-refractivity contribution in [2.75, 3.05) is 13.2 Å². The van der Waals surface area contributed by atoms with Crippen LogP contribution in [0.15, 0.2) is 47.6 Å². The van der Waals surface area contributed by atoms with Crippen LogP contribution in [-0.4, -0.2) is 42.2 Å². The van der Waals surface area contributed by atoms with Gasteiger partial charge in [0.15, 0.2) is 11.5 Å². The Hall–Kier alpha value is -4.48. The summed E-state index contributed by atoms with van der Waals surface area (Å²) in [4.78, 5) is 43.3. The van der Waals surface area contributed by atoms with E-state index in [-0.39, 0.29) is 22.7 Å². The van der Waals surface area contributed by atoms with E-state index in [1.807, 2.05) is 0 Å². The molecule has 0 spiro atoms. The molecule has 0 unspecified atom stereocenters. The van der Waals surface area contributed by atoms with E-state index in [9.17, 15) is 34.7 Å². The van der Waals surface area contributed by atoms with Crippen LogP contribution in [0.5, 0.6) is 11.5 Å². The minimum Gasteiger partial charge on any atom is -0.546 e. The number of hydrazone groups is 1. The van der Waals surface area contributed by atoms with E-state index in [2.05, 4.69) is 10.5 Å². The number of carbonyl (C=O) groups excluding carboxylic acids is 3. The second-order valence-electron chi connectivity index (χ2n) is 5.53. The number of nitrogens with zero attached hydrogens (tertiary/aromatic N) is 2. The highest BCUT2D eigenvalue weighted by Crippen LogP contribution is 2.28. The first-order valence-corrected chi connectivity index (χ1v) is 8.13. The lowest BCUT2D eigenvalue weighted by molar-refractivity contribution is -0.384. The molecule has 2 aromatic carbocycles. The highest BCUT2D eigenvalue weighted by molar-refractivity contribution is 5.95. The fourth-order valence-corrected chi connectivity index (χ4v) is 2.10. The summed E-state index contributed by atoms with van der Waals surface area (Å²) >= 11 is 0. The molecule has 0 heterocycles. The third-order valence-corrected chi connectivity index (χ3v) is 3.36. The van der Waals surface area contributed by atoms with Crippen molar-refractivity contribution in [3.05, 3.63) is 63.7 Å². The largest absolute Gasteiger partial charge is 0.546 e. The van der Waals surface area contributed by atoms with E-state index in [4.69, 9.17) is 9.47 Å². The van der Waals surface area contributed by atoms with Crippen molar-refractivity contribution in [2.45, 2.75) is 0 Å². The molecule has 0 aliphatic carbocycles. The van der Waals surface area contributed by atoms with E-state index in [0.29, 0.717) is 5.56 Å². The molecule has 0 radical (unpaired) electrons. The Labute approximate surface area is 168 Å². The van der Waals surface area contributed by atoms with Crippen molar-refractivity contribution in [3.8, 4) is 11.5 Å². The standard InChI is InChI=1S/C18H15N3O9/c22-16(23)9-29-14-5-4-11(6-15(14)30-10-17(24)25)8-19-20-18(26)12-2-1-3-13(7-12)21(27)28/h1-8H,9-10H2,(H,20,26)(H,22,23)(H,24,25)/p-2. The maximum absolute atomic E-state index is 12.0. The highest BCUT2D eigenvalue weighted by atomic mass is 16.6. The van der Waals surface area contributed by atoms with Crippen LogP contribution in [0.2, 0.25) is 0 Å². The van der Waals surface area contributed by atoms with E-state index in [1.54, 1.807) is 0 Å². The van der Waals surface area contributed by atoms with Gasteiger partial charge in [-0.15, -0.1) is 0 Å². The number of aliphatic carboxylic acids is 2. The number of hydrogen-bond acceptors (Lipinski definition) is 10. The summed E-state index contributed by atoms with van der Waals surface area (Å²) in [6, 6.07) is 9.06. The molecule has 1 N–H and O–H groups in total. The first-order chi connectivity index (χ1) is 14.3. The van der Waals surface area contributed by atoms with E-state index < -0.39 is 36.0 Å². The van der Waals surface area contributed by atoms with Crippen LogP contribution < -0.4 is 25.1 Å². The minimum absolute atomic E-state index is 0.0189. The van der Waals surface area contributed by atoms with Crippen molar-refractivity contribution >= 4 is 29.7 Å². The lowest BCUT2D eigenvalue weighted by Gasteiger charge is -2.14. The summed E-state index contributed by atoms with van der Waals surface area (Å²) in [7, 11) is 0. The molecule has 2 aromatic rings. The van der Waals surface area contributed by atoms with Crippen LogP contribution >= 0.6 is 0 Å². The van der Waals surface area contributed by atoms with Crippen molar-refractivity contribution in [3.63, 3.8) is 0 Å². The molecule has 30 heavy (non-hydrogen) atoms. The van der Waals surface area contributed by atoms with E-state index in [1.165, 1.54) is 42.6 Å². The molecule has 0 bridgehead atoms. The Morgan fingerprint density at radius 3 is 2.30 bits per heavy atom. The van der Waals surface area contributed by atoms with Gasteiger partial charge in [-0.2, -0.15) is 5.10 Å². The van der Waals surface area contributed by atoms with Gasteiger partial charge in [-0.3, -0.25) is 14.9 Å². The molecular formula is C18H13N3O9-2. The molecule has 0 fully saturated rings. The third kappa shape index (κ3) is 6.60. The Kier molecular flexibility index (Phi) is 7.40. The van der Waals surface area contributed by atoms with Gasteiger partial charge in [0.25, 0.3) is 11.6 Å². The quantitative estimate of drug-likeness (QED) is 0.277. The van der Waals surface area contributed by atoms with Crippen LogP contribution in [0.1, 0.15) is 15.9 Å². The summed E-state index contributed by atoms with van der Waals surface area (Å²) in [6.07, 6.45) is 1.18. The predicted octanol–water partition coefficient (Wildman–Crippen LogP) is -1.38. The van der Waals surface area contributed by atoms with Crippen molar-refractivity contribution in [2.24, 2.45) is 5.10 Å². The number of nitrogens with one attached hydrogen (secondary N) is 1. The number of non-ortho nitro benzene ring substituents is 1. The van der Waals surface area contributed by atoms with Crippen LogP contribution in [0, 0.1) is 10.1 Å². The second kappa shape index (κ2) is 10.2. The monoisotopic (exact) mass is 415 g/mol. The number of rotatable bonds is 10. The number of amides is 1. The lowest BCUT2D eigenvalue weighted by Crippen LogP contribution is -2.30. The zero-order chi connectivity index (χ0) is 22.1. The number of carboxylic acids is 2. The van der Waals surface area contributed by atoms with Crippen molar-refractivity contribution < 1.29 is 39.0 Å². The van der Waals surface area contributed by atoms with Gasteiger partial charge in [0, 0.05) is 17.7 Å². The van der Waals surface area contributed by atoms with Gasteiger partial charge >= 0.3 is 0 Å². The first kappa shape index (κ1) is 21.8. The molecule has 1 amide bonds. The molecule has 156 valence electrons. The Balaban J connectivity index is 2.11. The van der Waals surface area contributed by atoms with Gasteiger partial charge in [-0.25, -0.2) is 5.43 Å². The zero-order valence-electron chi connectivity index (χ0n) is 15.1. The molecule has 2 rings (SSSR count). The number of hydrogen-bond donors (Lipinski definition) is 1. The van der Waals surface area contributed by atoms with Crippen molar-refractivity contribution in [1.29, 1.82) is 0 Å². The Bertz CT molecular complexity index is 1000. The van der Waals surface area contributed by atoms with Gasteiger partial charge in [-0.05, 0) is 29.8 Å². The van der Waals surface area contributed by atoms with E-state index in [0.717, 1.165) is 6.07 Å². The second-order valence-corrected chi connectivity index (χ2v) is 5.53. The van der Waals surface area contributed by atoms with Gasteiger partial charge in [0.05, 0.1) is 23.1 Å². The number of nitro groups is 1. The summed E-state index contributed by atoms with van der Waals surface area (Å²) < 4.78 is 9.94. The highest BCUT2D eigenvalue weighted by Gasteiger charge is 2.11. The number of nitro benzene ring substituents is 1. The molecule has 12 heteroatoms. The average Bonchev–Trinajstić information content (AvgIpc) is 2.71. The average molecular weight is 415 g/mol. The maximum atomic E-state index is 12.0. The van der Waals surface area contributed by atoms with Gasteiger partial charge < -0.3 is 29.3 Å². The van der Waals surface area contributed by atoms with Gasteiger partial charge in [0.1, 0.15) is 13.2 Å². The van der Waals surface area contributed by atoms with Crippen molar-refractivity contribution in [1.82, 2.24) is 5.43 Å². The fourth-order valence-electron chi connectivity index (χ4n) is 2.10. The molecule has 0 aliphatic heterocycles. The van der Waals surface area contributed by atoms with Crippen LogP contribution in [-0.2, 0) is 9.59 Å². The lowest BCUT2D eigenvalue weighted by atomic mass is 10.2. The van der Waals surface area contributed by atoms with Crippen LogP contribution in [0.3, 0.4) is 0 Å². The van der Waals surface area contributed by atoms with E-state index >= 15 is 0 Å². The van der Waals surface area contributed by atoms with Crippen LogP contribution in [0.25, 0.3) is 0 Å². The minimum atomic E-state index is -1.51. The third-order valence-electron chi connectivity index (χ3n) is 3.36. The smallest absolute Gasteiger partial charge is 0.271 e. The molecule has 0 aliphatic rings. The Morgan fingerprint density at radius 1 is 1.00 bits per heavy atom. The predicted molar refractivity (Wildman–Crippen MR) is 95.6 cm³/mol. The molecular weight excluding hydrogens is 402 g/mol. The summed E-state index contributed by atoms with van der Waals surface area (Å²) in [5.74, 6) is -3.86. The molecule has 0 saturated carbocycles. The number of benzene rings is 2. The molecule has 0 saturated heterocycles. The summed E-state index contributed by atoms with van der Waals surface area (Å²) in [5.41, 5.74) is 2.28. The normalized spacial score (nSPS) is 10.4. The molecule has 0 aromatic heterocycles. The zero-order valence-corrected chi connectivity index (χ0v) is 15.1. The number of carboxylic acid groups (broad SMARTS) is 2. The van der Waals surface area contributed by atoms with Crippen LogP contribution in [0.4, 0.5) is 5.69 Å². The SMILES string of the molecule is O=C([O-])COc1ccc(C=NNC(=O)c2cccc([N+](=O)[O-])c2)cc1OCC(=O)[O-]. The number of carbonyl (C=O) groups is 3. The van der Waals surface area contributed by atoms with Gasteiger partial charge in [-0.1, -0.05) is 6.07 Å². The molecule has 0 atom stereocenters. The number of ether oxygens (including phenoxy) is 2. The summed E-state index contributed by atoms with van der Waals surface area (Å²) in [5, 5.41) is 35.6. The maximum Gasteiger partial charge on any atom is 0.271 e. The fraction of sp³-hybridized carbons (Fsp3) is 0.111. The van der Waals surface area contributed by atoms with Gasteiger partial charge in [0.2, 0.25) is 0 Å². The topological polar surface area (TPSA) is 183 Å². The summed E-state index contributed by atoms with van der Waals surface area (Å²) in [6.45, 7) is -1.60.